The third-order valence-corrected chi connectivity index (χ3v) is 6.02. The molecule has 24 heavy (non-hydrogen) atoms. The van der Waals surface area contributed by atoms with Gasteiger partial charge in [0.05, 0.1) is 23.1 Å². The highest BCUT2D eigenvalue weighted by atomic mass is 35.5. The molecule has 2 fully saturated rings. The SMILES string of the molecule is N[C@@H]1CC[C@@H](Nc2ncc(Cl)c(-c3cnn4c3CC3(CC3)C4)n2)C1. The lowest BCUT2D eigenvalue weighted by molar-refractivity contribution is 0.471. The molecule has 6 nitrogen and oxygen atoms in total. The molecule has 1 aliphatic heterocycles. The molecule has 0 aromatic carbocycles. The maximum atomic E-state index is 6.41. The lowest BCUT2D eigenvalue weighted by Crippen LogP contribution is -2.21. The zero-order chi connectivity index (χ0) is 16.3. The summed E-state index contributed by atoms with van der Waals surface area (Å²) in [6.45, 7) is 1.04. The van der Waals surface area contributed by atoms with E-state index in [2.05, 4.69) is 20.1 Å². The van der Waals surface area contributed by atoms with E-state index in [4.69, 9.17) is 22.3 Å². The molecular formula is C17H21ClN6. The van der Waals surface area contributed by atoms with E-state index in [9.17, 15) is 0 Å². The van der Waals surface area contributed by atoms with Crippen molar-refractivity contribution in [3.63, 3.8) is 0 Å². The molecule has 7 heteroatoms. The number of hydrogen-bond donors (Lipinski definition) is 2. The van der Waals surface area contributed by atoms with Crippen molar-refractivity contribution < 1.29 is 0 Å². The quantitative estimate of drug-likeness (QED) is 0.894. The van der Waals surface area contributed by atoms with Crippen molar-refractivity contribution in [2.24, 2.45) is 11.1 Å². The second kappa shape index (κ2) is 5.17. The summed E-state index contributed by atoms with van der Waals surface area (Å²) in [5.41, 5.74) is 9.57. The molecule has 0 saturated heterocycles. The Hall–Kier alpha value is -1.66. The molecule has 3 N–H and O–H groups in total. The van der Waals surface area contributed by atoms with Crippen LogP contribution in [0.3, 0.4) is 0 Å². The van der Waals surface area contributed by atoms with E-state index in [0.717, 1.165) is 43.5 Å². The van der Waals surface area contributed by atoms with E-state index in [0.29, 0.717) is 22.4 Å². The first-order valence-corrected chi connectivity index (χ1v) is 9.09. The van der Waals surface area contributed by atoms with Gasteiger partial charge in [-0.3, -0.25) is 4.68 Å². The highest BCUT2D eigenvalue weighted by Gasteiger charge is 2.48. The van der Waals surface area contributed by atoms with Crippen molar-refractivity contribution in [2.45, 2.75) is 57.2 Å². The Kier molecular flexibility index (Phi) is 3.16. The monoisotopic (exact) mass is 344 g/mol. The van der Waals surface area contributed by atoms with Crippen LogP contribution in [0.15, 0.2) is 12.4 Å². The van der Waals surface area contributed by atoms with Gasteiger partial charge in [0.25, 0.3) is 0 Å². The summed E-state index contributed by atoms with van der Waals surface area (Å²) in [6, 6.07) is 0.629. The maximum Gasteiger partial charge on any atom is 0.223 e. The van der Waals surface area contributed by atoms with Crippen molar-refractivity contribution in [3.8, 4) is 11.3 Å². The molecule has 2 aromatic rings. The summed E-state index contributed by atoms with van der Waals surface area (Å²) in [5.74, 6) is 0.632. The van der Waals surface area contributed by atoms with Gasteiger partial charge in [-0.1, -0.05) is 11.6 Å². The van der Waals surface area contributed by atoms with Gasteiger partial charge < -0.3 is 11.1 Å². The van der Waals surface area contributed by atoms with Gasteiger partial charge in [0, 0.05) is 29.9 Å². The molecule has 0 radical (unpaired) electrons. The minimum Gasteiger partial charge on any atom is -0.351 e. The van der Waals surface area contributed by atoms with Crippen LogP contribution in [0.1, 0.15) is 37.8 Å². The van der Waals surface area contributed by atoms with Crippen molar-refractivity contribution in [1.82, 2.24) is 19.7 Å². The third-order valence-electron chi connectivity index (χ3n) is 5.74. The molecule has 3 aliphatic rings. The van der Waals surface area contributed by atoms with E-state index in [1.807, 2.05) is 6.20 Å². The summed E-state index contributed by atoms with van der Waals surface area (Å²) >= 11 is 6.41. The first kappa shape index (κ1) is 14.7. The van der Waals surface area contributed by atoms with E-state index in [-0.39, 0.29) is 6.04 Å². The van der Waals surface area contributed by atoms with Crippen LogP contribution in [0.5, 0.6) is 0 Å². The standard InChI is InChI=1S/C17H21ClN6/c18-13-8-20-16(22-11-2-1-10(19)5-11)23-15(13)12-7-21-24-9-17(3-4-17)6-14(12)24/h7-8,10-11H,1-6,9,19H2,(H,20,22,23)/t10-,11-/m1/s1. The van der Waals surface area contributed by atoms with E-state index < -0.39 is 0 Å². The lowest BCUT2D eigenvalue weighted by atomic mass is 10.0. The van der Waals surface area contributed by atoms with Crippen LogP contribution in [0.25, 0.3) is 11.3 Å². The smallest absolute Gasteiger partial charge is 0.223 e. The van der Waals surface area contributed by atoms with Crippen LogP contribution >= 0.6 is 11.6 Å². The zero-order valence-corrected chi connectivity index (χ0v) is 14.3. The summed E-state index contributed by atoms with van der Waals surface area (Å²) in [4.78, 5) is 9.05. The average Bonchev–Trinajstić information content (AvgIpc) is 2.84. The van der Waals surface area contributed by atoms with Crippen LogP contribution in [0.4, 0.5) is 5.95 Å². The van der Waals surface area contributed by atoms with E-state index in [1.165, 1.54) is 18.5 Å². The predicted octanol–water partition coefficient (Wildman–Crippen LogP) is 2.62. The number of hydrogen-bond acceptors (Lipinski definition) is 5. The van der Waals surface area contributed by atoms with Gasteiger partial charge in [0.2, 0.25) is 5.95 Å². The minimum absolute atomic E-state index is 0.281. The average molecular weight is 345 g/mol. The summed E-state index contributed by atoms with van der Waals surface area (Å²) in [5, 5.41) is 8.54. The Morgan fingerprint density at radius 2 is 2.17 bits per heavy atom. The molecule has 2 saturated carbocycles. The van der Waals surface area contributed by atoms with Gasteiger partial charge in [-0.25, -0.2) is 9.97 Å². The Labute approximate surface area is 145 Å². The molecule has 126 valence electrons. The highest BCUT2D eigenvalue weighted by Crippen LogP contribution is 2.54. The fraction of sp³-hybridized carbons (Fsp3) is 0.588. The van der Waals surface area contributed by atoms with E-state index >= 15 is 0 Å². The van der Waals surface area contributed by atoms with Gasteiger partial charge in [-0.05, 0) is 43.9 Å². The summed E-state index contributed by atoms with van der Waals surface area (Å²) in [6.07, 6.45) is 10.4. The van der Waals surface area contributed by atoms with Crippen LogP contribution in [0, 0.1) is 5.41 Å². The zero-order valence-electron chi connectivity index (χ0n) is 13.5. The molecule has 5 rings (SSSR count). The van der Waals surface area contributed by atoms with Gasteiger partial charge in [0.15, 0.2) is 0 Å². The first-order valence-electron chi connectivity index (χ1n) is 8.72. The van der Waals surface area contributed by atoms with Gasteiger partial charge in [-0.2, -0.15) is 5.10 Å². The highest BCUT2D eigenvalue weighted by molar-refractivity contribution is 6.32. The topological polar surface area (TPSA) is 81.6 Å². The maximum absolute atomic E-state index is 6.41. The second-order valence-corrected chi connectivity index (χ2v) is 8.05. The fourth-order valence-electron chi connectivity index (χ4n) is 4.13. The number of aromatic nitrogens is 4. The fourth-order valence-corrected chi connectivity index (χ4v) is 4.32. The van der Waals surface area contributed by atoms with Crippen LogP contribution in [-0.4, -0.2) is 31.8 Å². The predicted molar refractivity (Wildman–Crippen MR) is 92.9 cm³/mol. The number of nitrogens with zero attached hydrogens (tertiary/aromatic N) is 4. The number of halogens is 1. The molecule has 0 amide bonds. The van der Waals surface area contributed by atoms with Crippen LogP contribution < -0.4 is 11.1 Å². The Morgan fingerprint density at radius 3 is 2.92 bits per heavy atom. The summed E-state index contributed by atoms with van der Waals surface area (Å²) < 4.78 is 2.13. The number of nitrogens with two attached hydrogens (primary N) is 1. The normalized spacial score (nSPS) is 26.8. The van der Waals surface area contributed by atoms with Crippen molar-refractivity contribution in [1.29, 1.82) is 0 Å². The molecular weight excluding hydrogens is 324 g/mol. The Balaban J connectivity index is 1.45. The largest absolute Gasteiger partial charge is 0.351 e. The molecule has 2 aromatic heterocycles. The molecule has 2 atom stereocenters. The van der Waals surface area contributed by atoms with E-state index in [1.54, 1.807) is 6.20 Å². The molecule has 1 spiro atoms. The summed E-state index contributed by atoms with van der Waals surface area (Å²) in [7, 11) is 0. The molecule has 3 heterocycles. The van der Waals surface area contributed by atoms with Gasteiger partial charge in [-0.15, -0.1) is 0 Å². The lowest BCUT2D eigenvalue weighted by Gasteiger charge is -2.13. The molecule has 0 bridgehead atoms. The van der Waals surface area contributed by atoms with Crippen molar-refractivity contribution in [2.75, 3.05) is 5.32 Å². The van der Waals surface area contributed by atoms with Crippen LogP contribution in [-0.2, 0) is 13.0 Å². The number of rotatable bonds is 3. The van der Waals surface area contributed by atoms with Crippen molar-refractivity contribution >= 4 is 17.5 Å². The number of fused-ring (bicyclic) bond motifs is 1. The minimum atomic E-state index is 0.281. The first-order chi connectivity index (χ1) is 11.6. The second-order valence-electron chi connectivity index (χ2n) is 7.64. The van der Waals surface area contributed by atoms with Gasteiger partial charge in [0.1, 0.15) is 0 Å². The Bertz CT molecular complexity index is 796. The molecule has 2 aliphatic carbocycles. The number of nitrogens with one attached hydrogen (secondary N) is 1. The van der Waals surface area contributed by atoms with Crippen LogP contribution in [0.2, 0.25) is 5.02 Å². The number of anilines is 1. The molecule has 0 unspecified atom stereocenters. The van der Waals surface area contributed by atoms with Crippen molar-refractivity contribution in [3.05, 3.63) is 23.1 Å². The Morgan fingerprint density at radius 1 is 1.29 bits per heavy atom. The third kappa shape index (κ3) is 2.40. The van der Waals surface area contributed by atoms with Gasteiger partial charge >= 0.3 is 0 Å².